The van der Waals surface area contributed by atoms with E-state index >= 15 is 0 Å². The Morgan fingerprint density at radius 3 is 2.73 bits per heavy atom. The van der Waals surface area contributed by atoms with Crippen LogP contribution in [0.15, 0.2) is 23.8 Å². The fourth-order valence-electron chi connectivity index (χ4n) is 1.74. The second-order valence-electron chi connectivity index (χ2n) is 3.76. The minimum Gasteiger partial charge on any atom is -0.313 e. The van der Waals surface area contributed by atoms with Gasteiger partial charge in [-0.3, -0.25) is 0 Å². The predicted molar refractivity (Wildman–Crippen MR) is 66.5 cm³/mol. The molecule has 80 valence electrons. The van der Waals surface area contributed by atoms with E-state index in [-0.39, 0.29) is 0 Å². The minimum absolute atomic E-state index is 0.612. The van der Waals surface area contributed by atoms with Gasteiger partial charge in [0, 0.05) is 6.54 Å². The van der Waals surface area contributed by atoms with E-state index in [0.29, 0.717) is 10.0 Å². The van der Waals surface area contributed by atoms with Crippen molar-refractivity contribution in [3.63, 3.8) is 0 Å². The third-order valence-electron chi connectivity index (χ3n) is 2.52. The van der Waals surface area contributed by atoms with Crippen LogP contribution < -0.4 is 5.32 Å². The first-order valence-corrected chi connectivity index (χ1v) is 5.86. The average Bonchev–Trinajstić information content (AvgIpc) is 2.25. The van der Waals surface area contributed by atoms with Crippen LogP contribution in [0.2, 0.25) is 10.0 Å². The second-order valence-corrected chi connectivity index (χ2v) is 4.57. The molecule has 2 rings (SSSR count). The zero-order valence-corrected chi connectivity index (χ0v) is 9.91. The predicted octanol–water partition coefficient (Wildman–Crippen LogP) is 3.76. The van der Waals surface area contributed by atoms with E-state index in [1.807, 2.05) is 18.2 Å². The Bertz CT molecular complexity index is 377. The highest BCUT2D eigenvalue weighted by Crippen LogP contribution is 2.24. The summed E-state index contributed by atoms with van der Waals surface area (Å²) in [4.78, 5) is 0. The Balaban J connectivity index is 2.18. The molecule has 1 aromatic carbocycles. The van der Waals surface area contributed by atoms with E-state index < -0.39 is 0 Å². The molecule has 1 N–H and O–H groups in total. The molecule has 0 aromatic heterocycles. The van der Waals surface area contributed by atoms with Crippen LogP contribution in [-0.4, -0.2) is 13.1 Å². The maximum absolute atomic E-state index is 5.95. The first kappa shape index (κ1) is 11.0. The van der Waals surface area contributed by atoms with Gasteiger partial charge in [0.1, 0.15) is 0 Å². The van der Waals surface area contributed by atoms with Gasteiger partial charge in [0.05, 0.1) is 10.0 Å². The van der Waals surface area contributed by atoms with E-state index in [1.165, 1.54) is 18.4 Å². The molecule has 3 heteroatoms. The molecule has 0 amide bonds. The highest BCUT2D eigenvalue weighted by atomic mass is 35.5. The summed E-state index contributed by atoms with van der Waals surface area (Å²) >= 11 is 11.8. The SMILES string of the molecule is Clc1ccc(C=C2CCCNC2)cc1Cl. The van der Waals surface area contributed by atoms with Crippen molar-refractivity contribution in [2.45, 2.75) is 12.8 Å². The second kappa shape index (κ2) is 5.02. The molecule has 1 aliphatic heterocycles. The molecule has 1 fully saturated rings. The van der Waals surface area contributed by atoms with Crippen molar-refractivity contribution in [1.29, 1.82) is 0 Å². The molecule has 0 saturated carbocycles. The molecule has 15 heavy (non-hydrogen) atoms. The average molecular weight is 242 g/mol. The van der Waals surface area contributed by atoms with Gasteiger partial charge in [-0.15, -0.1) is 0 Å². The Hall–Kier alpha value is -0.500. The lowest BCUT2D eigenvalue weighted by Crippen LogP contribution is -2.23. The van der Waals surface area contributed by atoms with Gasteiger partial charge in [0.15, 0.2) is 0 Å². The number of rotatable bonds is 1. The minimum atomic E-state index is 0.612. The standard InChI is InChI=1S/C12H13Cl2N/c13-11-4-3-9(7-12(11)14)6-10-2-1-5-15-8-10/h3-4,6-7,15H,1-2,5,8H2. The lowest BCUT2D eigenvalue weighted by Gasteiger charge is -2.15. The molecular formula is C12H13Cl2N. The molecule has 1 saturated heterocycles. The maximum atomic E-state index is 5.95. The van der Waals surface area contributed by atoms with Crippen LogP contribution in [-0.2, 0) is 0 Å². The van der Waals surface area contributed by atoms with E-state index in [4.69, 9.17) is 23.2 Å². The third kappa shape index (κ3) is 2.97. The summed E-state index contributed by atoms with van der Waals surface area (Å²) in [6.07, 6.45) is 4.58. The quantitative estimate of drug-likeness (QED) is 0.790. The number of hydrogen-bond donors (Lipinski definition) is 1. The number of halogens is 2. The molecule has 0 bridgehead atoms. The van der Waals surface area contributed by atoms with Gasteiger partial charge >= 0.3 is 0 Å². The number of hydrogen-bond acceptors (Lipinski definition) is 1. The fraction of sp³-hybridized carbons (Fsp3) is 0.333. The molecule has 1 heterocycles. The first-order valence-electron chi connectivity index (χ1n) is 5.11. The summed E-state index contributed by atoms with van der Waals surface area (Å²) in [5.41, 5.74) is 2.56. The van der Waals surface area contributed by atoms with Gasteiger partial charge in [-0.25, -0.2) is 0 Å². The van der Waals surface area contributed by atoms with Gasteiger partial charge < -0.3 is 5.32 Å². The van der Waals surface area contributed by atoms with Crippen LogP contribution in [0.25, 0.3) is 6.08 Å². The smallest absolute Gasteiger partial charge is 0.0598 e. The lowest BCUT2D eigenvalue weighted by molar-refractivity contribution is 0.613. The fourth-order valence-corrected chi connectivity index (χ4v) is 2.05. The molecule has 1 nitrogen and oxygen atoms in total. The summed E-state index contributed by atoms with van der Waals surface area (Å²) in [5, 5.41) is 4.59. The Labute approximate surface area is 100 Å². The van der Waals surface area contributed by atoms with Crippen molar-refractivity contribution in [1.82, 2.24) is 5.32 Å². The normalized spacial score (nSPS) is 19.5. The number of nitrogens with one attached hydrogen (secondary N) is 1. The Morgan fingerprint density at radius 1 is 1.20 bits per heavy atom. The highest BCUT2D eigenvalue weighted by molar-refractivity contribution is 6.42. The summed E-state index contributed by atoms with van der Waals surface area (Å²) in [7, 11) is 0. The Morgan fingerprint density at radius 2 is 2.07 bits per heavy atom. The van der Waals surface area contributed by atoms with Crippen molar-refractivity contribution < 1.29 is 0 Å². The molecule has 0 radical (unpaired) electrons. The van der Waals surface area contributed by atoms with E-state index in [9.17, 15) is 0 Å². The third-order valence-corrected chi connectivity index (χ3v) is 3.26. The van der Waals surface area contributed by atoms with Crippen LogP contribution in [0, 0.1) is 0 Å². The van der Waals surface area contributed by atoms with Gasteiger partial charge in [-0.1, -0.05) is 40.9 Å². The van der Waals surface area contributed by atoms with Crippen LogP contribution in [0.4, 0.5) is 0 Å². The highest BCUT2D eigenvalue weighted by Gasteiger charge is 2.04. The van der Waals surface area contributed by atoms with E-state index in [1.54, 1.807) is 0 Å². The van der Waals surface area contributed by atoms with Gasteiger partial charge in [-0.2, -0.15) is 0 Å². The van der Waals surface area contributed by atoms with Gasteiger partial charge in [-0.05, 0) is 37.1 Å². The molecule has 0 unspecified atom stereocenters. The molecule has 1 aromatic rings. The van der Waals surface area contributed by atoms with Crippen LogP contribution in [0.1, 0.15) is 18.4 Å². The van der Waals surface area contributed by atoms with Gasteiger partial charge in [0.25, 0.3) is 0 Å². The summed E-state index contributed by atoms with van der Waals surface area (Å²) in [5.74, 6) is 0. The van der Waals surface area contributed by atoms with Crippen LogP contribution in [0.5, 0.6) is 0 Å². The van der Waals surface area contributed by atoms with Crippen LogP contribution >= 0.6 is 23.2 Å². The topological polar surface area (TPSA) is 12.0 Å². The van der Waals surface area contributed by atoms with Crippen molar-refractivity contribution in [2.75, 3.05) is 13.1 Å². The summed E-state index contributed by atoms with van der Waals surface area (Å²) < 4.78 is 0. The first-order chi connectivity index (χ1) is 7.25. The molecule has 1 aliphatic rings. The molecular weight excluding hydrogens is 229 g/mol. The monoisotopic (exact) mass is 241 g/mol. The number of benzene rings is 1. The van der Waals surface area contributed by atoms with E-state index in [2.05, 4.69) is 11.4 Å². The van der Waals surface area contributed by atoms with E-state index in [0.717, 1.165) is 18.7 Å². The molecule has 0 atom stereocenters. The van der Waals surface area contributed by atoms with Crippen molar-refractivity contribution in [2.24, 2.45) is 0 Å². The largest absolute Gasteiger partial charge is 0.313 e. The van der Waals surface area contributed by atoms with Crippen LogP contribution in [0.3, 0.4) is 0 Å². The summed E-state index contributed by atoms with van der Waals surface area (Å²) in [6, 6.07) is 5.74. The van der Waals surface area contributed by atoms with Gasteiger partial charge in [0.2, 0.25) is 0 Å². The molecule has 0 aliphatic carbocycles. The molecule has 0 spiro atoms. The maximum Gasteiger partial charge on any atom is 0.0598 e. The summed E-state index contributed by atoms with van der Waals surface area (Å²) in [6.45, 7) is 2.11. The lowest BCUT2D eigenvalue weighted by atomic mass is 10.0. The Kier molecular flexibility index (Phi) is 3.68. The van der Waals surface area contributed by atoms with Crippen molar-refractivity contribution >= 4 is 29.3 Å². The zero-order valence-electron chi connectivity index (χ0n) is 8.39. The number of piperidine rings is 1. The van der Waals surface area contributed by atoms with Crippen molar-refractivity contribution in [3.8, 4) is 0 Å². The van der Waals surface area contributed by atoms with Crippen molar-refractivity contribution in [3.05, 3.63) is 39.4 Å². The zero-order chi connectivity index (χ0) is 10.7.